The van der Waals surface area contributed by atoms with Crippen molar-refractivity contribution in [2.45, 2.75) is 26.2 Å². The van der Waals surface area contributed by atoms with Crippen LogP contribution >= 0.6 is 11.6 Å². The fourth-order valence-electron chi connectivity index (χ4n) is 4.63. The van der Waals surface area contributed by atoms with Gasteiger partial charge in [0.15, 0.2) is 5.78 Å². The summed E-state index contributed by atoms with van der Waals surface area (Å²) in [7, 11) is 0. The number of rotatable bonds is 9. The summed E-state index contributed by atoms with van der Waals surface area (Å²) in [4.78, 5) is 15.4. The summed E-state index contributed by atoms with van der Waals surface area (Å²) in [6, 6.07) is 21.2. The zero-order chi connectivity index (χ0) is 24.6. The number of carbonyl (C=O) groups excluding carboxylic acids is 1. The van der Waals surface area contributed by atoms with Crippen LogP contribution in [0.1, 0.15) is 46.3 Å². The molecule has 0 unspecified atom stereocenters. The number of aliphatic hydroxyl groups is 1. The van der Waals surface area contributed by atoms with Gasteiger partial charge in [-0.15, -0.1) is 0 Å². The third-order valence-corrected chi connectivity index (χ3v) is 7.06. The maximum atomic E-state index is 13.0. The van der Waals surface area contributed by atoms with E-state index in [2.05, 4.69) is 28.4 Å². The van der Waals surface area contributed by atoms with Crippen LogP contribution in [0.3, 0.4) is 0 Å². The van der Waals surface area contributed by atoms with Crippen LogP contribution in [0.2, 0.25) is 5.02 Å². The molecule has 182 valence electrons. The lowest BCUT2D eigenvalue weighted by Gasteiger charge is -2.30. The number of halogens is 1. The minimum absolute atomic E-state index is 0.0663. The highest BCUT2D eigenvalue weighted by molar-refractivity contribution is 6.35. The van der Waals surface area contributed by atoms with E-state index in [0.717, 1.165) is 61.4 Å². The van der Waals surface area contributed by atoms with Gasteiger partial charge in [-0.05, 0) is 80.6 Å². The summed E-state index contributed by atoms with van der Waals surface area (Å²) in [5.74, 6) is 0.596. The van der Waals surface area contributed by atoms with Gasteiger partial charge in [0.1, 0.15) is 0 Å². The van der Waals surface area contributed by atoms with Crippen molar-refractivity contribution in [2.75, 3.05) is 31.6 Å². The van der Waals surface area contributed by atoms with E-state index in [-0.39, 0.29) is 5.78 Å². The van der Waals surface area contributed by atoms with Gasteiger partial charge in [-0.25, -0.2) is 0 Å². The number of para-hydroxylation sites is 1. The van der Waals surface area contributed by atoms with Gasteiger partial charge in [0.2, 0.25) is 0 Å². The number of likely N-dealkylation sites (tertiary alicyclic amines) is 1. The Labute approximate surface area is 213 Å². The molecule has 4 rings (SSSR count). The Morgan fingerprint density at radius 2 is 1.80 bits per heavy atom. The summed E-state index contributed by atoms with van der Waals surface area (Å²) in [5.41, 5.74) is 5.03. The van der Waals surface area contributed by atoms with Crippen LogP contribution in [0, 0.1) is 12.8 Å². The van der Waals surface area contributed by atoms with Crippen molar-refractivity contribution in [1.82, 2.24) is 4.90 Å². The molecule has 0 radical (unpaired) electrons. The van der Waals surface area contributed by atoms with Crippen LogP contribution in [0.5, 0.6) is 0 Å². The van der Waals surface area contributed by atoms with Crippen LogP contribution < -0.4 is 5.32 Å². The highest BCUT2D eigenvalue weighted by atomic mass is 35.5. The number of hydrogen-bond acceptors (Lipinski definition) is 4. The molecule has 0 aliphatic carbocycles. The SMILES string of the molecule is Cc1ccccc1C(=O)c1ccc(Nc2ccccc2/C=C/CN2CCC(CCO)CC2)cc1Cl. The first-order valence-corrected chi connectivity index (χ1v) is 12.7. The summed E-state index contributed by atoms with van der Waals surface area (Å²) < 4.78 is 0. The standard InChI is InChI=1S/C30H33ClN2O2/c1-22-7-2-4-10-26(22)30(35)27-13-12-25(21-28(27)31)32-29-11-5-3-8-24(29)9-6-17-33-18-14-23(15-19-33)16-20-34/h2-13,21,23,32,34H,14-20H2,1H3/b9-6+. The average Bonchev–Trinajstić information content (AvgIpc) is 2.86. The molecule has 0 aromatic heterocycles. The molecule has 0 spiro atoms. The van der Waals surface area contributed by atoms with Gasteiger partial charge in [-0.2, -0.15) is 0 Å². The molecule has 0 amide bonds. The molecule has 0 saturated carbocycles. The second kappa shape index (κ2) is 12.2. The summed E-state index contributed by atoms with van der Waals surface area (Å²) in [6.45, 7) is 5.32. The van der Waals surface area contributed by atoms with Gasteiger partial charge in [-0.3, -0.25) is 9.69 Å². The van der Waals surface area contributed by atoms with Gasteiger partial charge >= 0.3 is 0 Å². The molecule has 1 aliphatic heterocycles. The van der Waals surface area contributed by atoms with E-state index >= 15 is 0 Å². The number of nitrogens with zero attached hydrogens (tertiary/aromatic N) is 1. The van der Waals surface area contributed by atoms with Crippen molar-refractivity contribution >= 4 is 34.8 Å². The van der Waals surface area contributed by atoms with Crippen molar-refractivity contribution in [3.05, 3.63) is 100 Å². The van der Waals surface area contributed by atoms with E-state index in [0.29, 0.717) is 28.7 Å². The molecule has 3 aromatic carbocycles. The fraction of sp³-hybridized carbons (Fsp3) is 0.300. The first kappa shape index (κ1) is 25.2. The third-order valence-electron chi connectivity index (χ3n) is 6.75. The van der Waals surface area contributed by atoms with Gasteiger partial charge in [-0.1, -0.05) is 66.2 Å². The van der Waals surface area contributed by atoms with Crippen molar-refractivity contribution in [3.63, 3.8) is 0 Å². The maximum Gasteiger partial charge on any atom is 0.194 e. The molecule has 1 fully saturated rings. The summed E-state index contributed by atoms with van der Waals surface area (Å²) in [6.07, 6.45) is 7.61. The van der Waals surface area contributed by atoms with E-state index in [1.807, 2.05) is 61.5 Å². The first-order valence-electron chi connectivity index (χ1n) is 12.3. The minimum Gasteiger partial charge on any atom is -0.396 e. The van der Waals surface area contributed by atoms with Crippen LogP contribution in [-0.2, 0) is 0 Å². The Kier molecular flexibility index (Phi) is 8.75. The zero-order valence-electron chi connectivity index (χ0n) is 20.2. The molecule has 2 N–H and O–H groups in total. The minimum atomic E-state index is -0.0663. The van der Waals surface area contributed by atoms with Crippen molar-refractivity contribution in [2.24, 2.45) is 5.92 Å². The Morgan fingerprint density at radius 3 is 2.54 bits per heavy atom. The third kappa shape index (κ3) is 6.61. The molecule has 3 aromatic rings. The molecule has 0 bridgehead atoms. The van der Waals surface area contributed by atoms with E-state index in [1.165, 1.54) is 0 Å². The molecular formula is C30H33ClN2O2. The van der Waals surface area contributed by atoms with Crippen LogP contribution in [-0.4, -0.2) is 42.0 Å². The van der Waals surface area contributed by atoms with Gasteiger partial charge < -0.3 is 10.4 Å². The second-order valence-corrected chi connectivity index (χ2v) is 9.62. The molecule has 1 heterocycles. The summed E-state index contributed by atoms with van der Waals surface area (Å²) in [5, 5.41) is 13.0. The topological polar surface area (TPSA) is 52.6 Å². The number of aryl methyl sites for hydroxylation is 1. The Hall–Kier alpha value is -2.92. The second-order valence-electron chi connectivity index (χ2n) is 9.21. The van der Waals surface area contributed by atoms with E-state index in [9.17, 15) is 4.79 Å². The monoisotopic (exact) mass is 488 g/mol. The lowest BCUT2D eigenvalue weighted by atomic mass is 9.94. The van der Waals surface area contributed by atoms with E-state index in [1.54, 1.807) is 6.07 Å². The van der Waals surface area contributed by atoms with E-state index in [4.69, 9.17) is 16.7 Å². The van der Waals surface area contributed by atoms with Crippen molar-refractivity contribution < 1.29 is 9.90 Å². The Morgan fingerprint density at radius 1 is 1.06 bits per heavy atom. The molecule has 1 aliphatic rings. The first-order chi connectivity index (χ1) is 17.0. The number of anilines is 2. The number of benzene rings is 3. The number of nitrogens with one attached hydrogen (secondary N) is 1. The van der Waals surface area contributed by atoms with Gasteiger partial charge in [0.05, 0.1) is 5.02 Å². The molecule has 5 heteroatoms. The molecule has 4 nitrogen and oxygen atoms in total. The Balaban J connectivity index is 1.41. The van der Waals surface area contributed by atoms with Crippen molar-refractivity contribution in [3.8, 4) is 0 Å². The number of carbonyl (C=O) groups is 1. The molecule has 35 heavy (non-hydrogen) atoms. The van der Waals surface area contributed by atoms with E-state index < -0.39 is 0 Å². The highest BCUT2D eigenvalue weighted by Gasteiger charge is 2.18. The fourth-order valence-corrected chi connectivity index (χ4v) is 4.90. The normalized spacial score (nSPS) is 14.9. The predicted molar refractivity (Wildman–Crippen MR) is 146 cm³/mol. The quantitative estimate of drug-likeness (QED) is 0.328. The lowest BCUT2D eigenvalue weighted by molar-refractivity contribution is 0.103. The summed E-state index contributed by atoms with van der Waals surface area (Å²) >= 11 is 6.54. The lowest BCUT2D eigenvalue weighted by Crippen LogP contribution is -2.34. The zero-order valence-corrected chi connectivity index (χ0v) is 21.0. The van der Waals surface area contributed by atoms with Crippen LogP contribution in [0.4, 0.5) is 11.4 Å². The van der Waals surface area contributed by atoms with Crippen LogP contribution in [0.15, 0.2) is 72.8 Å². The largest absolute Gasteiger partial charge is 0.396 e. The van der Waals surface area contributed by atoms with Gasteiger partial charge in [0, 0.05) is 35.7 Å². The molecular weight excluding hydrogens is 456 g/mol. The number of piperidine rings is 1. The maximum absolute atomic E-state index is 13.0. The number of hydrogen-bond donors (Lipinski definition) is 2. The van der Waals surface area contributed by atoms with Crippen molar-refractivity contribution in [1.29, 1.82) is 0 Å². The number of aliphatic hydroxyl groups excluding tert-OH is 1. The predicted octanol–water partition coefficient (Wildman–Crippen LogP) is 6.73. The highest BCUT2D eigenvalue weighted by Crippen LogP contribution is 2.28. The molecule has 0 atom stereocenters. The van der Waals surface area contributed by atoms with Gasteiger partial charge in [0.25, 0.3) is 0 Å². The number of ketones is 1. The molecule has 1 saturated heterocycles. The van der Waals surface area contributed by atoms with Crippen LogP contribution in [0.25, 0.3) is 6.08 Å². The Bertz CT molecular complexity index is 1180. The smallest absolute Gasteiger partial charge is 0.194 e. The average molecular weight is 489 g/mol.